The van der Waals surface area contributed by atoms with Crippen LogP contribution in [-0.4, -0.2) is 33.0 Å². The molecule has 1 amide bonds. The van der Waals surface area contributed by atoms with Gasteiger partial charge in [0.25, 0.3) is 5.56 Å². The maximum Gasteiger partial charge on any atom is 0.336 e. The Labute approximate surface area is 158 Å². The lowest BCUT2D eigenvalue weighted by atomic mass is 10.3. The molecule has 0 atom stereocenters. The predicted molar refractivity (Wildman–Crippen MR) is 105 cm³/mol. The number of fused-ring (bicyclic) bond motifs is 1. The van der Waals surface area contributed by atoms with Crippen LogP contribution in [0.3, 0.4) is 0 Å². The van der Waals surface area contributed by atoms with Crippen LogP contribution in [0.2, 0.25) is 5.02 Å². The lowest BCUT2D eigenvalue weighted by molar-refractivity contribution is -0.131. The second kappa shape index (κ2) is 7.47. The fraction of sp³-hybridized carbons (Fsp3) is 0.278. The van der Waals surface area contributed by atoms with Gasteiger partial charge in [-0.25, -0.2) is 9.36 Å². The van der Waals surface area contributed by atoms with E-state index < -0.39 is 11.2 Å². The molecule has 8 heteroatoms. The molecule has 136 valence electrons. The molecule has 26 heavy (non-hydrogen) atoms. The minimum Gasteiger partial charge on any atom is -0.342 e. The van der Waals surface area contributed by atoms with Gasteiger partial charge in [-0.05, 0) is 49.6 Å². The summed E-state index contributed by atoms with van der Waals surface area (Å²) < 4.78 is 2.89. The second-order valence-corrected chi connectivity index (χ2v) is 7.04. The zero-order chi connectivity index (χ0) is 18.8. The Kier molecular flexibility index (Phi) is 5.29. The Morgan fingerprint density at radius 1 is 1.12 bits per heavy atom. The van der Waals surface area contributed by atoms with E-state index in [1.807, 2.05) is 13.8 Å². The van der Waals surface area contributed by atoms with Crippen LogP contribution in [0.4, 0.5) is 0 Å². The number of benzene rings is 1. The van der Waals surface area contributed by atoms with E-state index >= 15 is 0 Å². The summed E-state index contributed by atoms with van der Waals surface area (Å²) >= 11 is 7.16. The molecular formula is C18H18ClN3O3S. The fourth-order valence-corrected chi connectivity index (χ4v) is 3.82. The number of amides is 1. The van der Waals surface area contributed by atoms with E-state index in [-0.39, 0.29) is 12.5 Å². The maximum absolute atomic E-state index is 13.0. The van der Waals surface area contributed by atoms with Crippen LogP contribution < -0.4 is 11.2 Å². The minimum atomic E-state index is -0.538. The van der Waals surface area contributed by atoms with Crippen molar-refractivity contribution in [3.63, 3.8) is 0 Å². The summed E-state index contributed by atoms with van der Waals surface area (Å²) in [4.78, 5) is 40.1. The van der Waals surface area contributed by atoms with Gasteiger partial charge in [-0.2, -0.15) is 0 Å². The fourth-order valence-electron chi connectivity index (χ4n) is 2.87. The smallest absolute Gasteiger partial charge is 0.336 e. The van der Waals surface area contributed by atoms with E-state index in [1.54, 1.807) is 40.6 Å². The van der Waals surface area contributed by atoms with Gasteiger partial charge >= 0.3 is 5.69 Å². The Morgan fingerprint density at radius 3 is 2.38 bits per heavy atom. The van der Waals surface area contributed by atoms with E-state index in [4.69, 9.17) is 11.6 Å². The molecule has 0 aliphatic heterocycles. The van der Waals surface area contributed by atoms with Crippen LogP contribution in [0.5, 0.6) is 0 Å². The Morgan fingerprint density at radius 2 is 1.77 bits per heavy atom. The van der Waals surface area contributed by atoms with Crippen LogP contribution in [0.25, 0.3) is 15.9 Å². The number of carbonyl (C=O) groups is 1. The predicted octanol–water partition coefficient (Wildman–Crippen LogP) is 2.74. The number of aromatic nitrogens is 2. The summed E-state index contributed by atoms with van der Waals surface area (Å²) in [6.45, 7) is 4.79. The van der Waals surface area contributed by atoms with Gasteiger partial charge in [0.2, 0.25) is 5.91 Å². The van der Waals surface area contributed by atoms with Gasteiger partial charge in [-0.1, -0.05) is 11.6 Å². The van der Waals surface area contributed by atoms with Crippen molar-refractivity contribution in [3.05, 3.63) is 61.6 Å². The summed E-state index contributed by atoms with van der Waals surface area (Å²) in [5.41, 5.74) is -0.0305. The highest BCUT2D eigenvalue weighted by Crippen LogP contribution is 2.17. The first-order chi connectivity index (χ1) is 12.5. The molecule has 2 heterocycles. The molecule has 0 saturated heterocycles. The summed E-state index contributed by atoms with van der Waals surface area (Å²) in [5, 5.41) is 2.26. The van der Waals surface area contributed by atoms with Gasteiger partial charge in [-0.15, -0.1) is 11.3 Å². The number of nitrogens with zero attached hydrogens (tertiary/aromatic N) is 3. The van der Waals surface area contributed by atoms with E-state index in [2.05, 4.69) is 0 Å². The van der Waals surface area contributed by atoms with Gasteiger partial charge in [0.05, 0.1) is 11.2 Å². The first-order valence-corrected chi connectivity index (χ1v) is 9.50. The summed E-state index contributed by atoms with van der Waals surface area (Å²) in [7, 11) is 0. The molecule has 0 unspecified atom stereocenters. The van der Waals surface area contributed by atoms with Crippen LogP contribution >= 0.6 is 22.9 Å². The first-order valence-electron chi connectivity index (χ1n) is 8.24. The van der Waals surface area contributed by atoms with Crippen molar-refractivity contribution in [3.8, 4) is 5.69 Å². The molecule has 0 saturated carbocycles. The molecule has 0 fully saturated rings. The topological polar surface area (TPSA) is 64.3 Å². The number of carbonyl (C=O) groups excluding carboxylic acids is 1. The van der Waals surface area contributed by atoms with Gasteiger partial charge in [0.1, 0.15) is 11.2 Å². The van der Waals surface area contributed by atoms with Gasteiger partial charge in [0, 0.05) is 18.1 Å². The maximum atomic E-state index is 13.0. The van der Waals surface area contributed by atoms with E-state index in [1.165, 1.54) is 15.9 Å². The molecule has 3 rings (SSSR count). The van der Waals surface area contributed by atoms with E-state index in [9.17, 15) is 14.4 Å². The van der Waals surface area contributed by atoms with Crippen molar-refractivity contribution in [2.75, 3.05) is 13.1 Å². The molecule has 0 aliphatic rings. The second-order valence-electron chi connectivity index (χ2n) is 5.69. The lowest BCUT2D eigenvalue weighted by Crippen LogP contribution is -2.42. The number of hydrogen-bond donors (Lipinski definition) is 0. The third-order valence-electron chi connectivity index (χ3n) is 4.25. The molecular weight excluding hydrogens is 374 g/mol. The average molecular weight is 392 g/mol. The van der Waals surface area contributed by atoms with Crippen molar-refractivity contribution in [1.29, 1.82) is 0 Å². The molecule has 0 N–H and O–H groups in total. The molecule has 3 aromatic rings. The van der Waals surface area contributed by atoms with E-state index in [0.717, 1.165) is 4.57 Å². The molecule has 0 bridgehead atoms. The highest BCUT2D eigenvalue weighted by Gasteiger charge is 2.19. The average Bonchev–Trinajstić information content (AvgIpc) is 3.11. The van der Waals surface area contributed by atoms with Gasteiger partial charge < -0.3 is 4.90 Å². The number of thiophene rings is 1. The first kappa shape index (κ1) is 18.4. The largest absolute Gasteiger partial charge is 0.342 e. The standard InChI is InChI=1S/C18H18ClN3O3S/c1-3-20(4-2)15(23)11-21-14-9-10-26-16(14)17(24)22(18(21)25)13-7-5-12(19)6-8-13/h5-10H,3-4,11H2,1-2H3. The van der Waals surface area contributed by atoms with Crippen molar-refractivity contribution in [2.45, 2.75) is 20.4 Å². The molecule has 2 aromatic heterocycles. The molecule has 0 aliphatic carbocycles. The number of likely N-dealkylation sites (N-methyl/N-ethyl adjacent to an activating group) is 1. The van der Waals surface area contributed by atoms with E-state index in [0.29, 0.717) is 34.0 Å². The number of rotatable bonds is 5. The quantitative estimate of drug-likeness (QED) is 0.671. The highest BCUT2D eigenvalue weighted by atomic mass is 35.5. The van der Waals surface area contributed by atoms with Gasteiger partial charge in [0.15, 0.2) is 0 Å². The zero-order valence-electron chi connectivity index (χ0n) is 14.4. The minimum absolute atomic E-state index is 0.110. The Bertz CT molecular complexity index is 1060. The third kappa shape index (κ3) is 3.20. The Hall–Kier alpha value is -2.38. The van der Waals surface area contributed by atoms with Crippen LogP contribution in [0.15, 0.2) is 45.3 Å². The van der Waals surface area contributed by atoms with Crippen LogP contribution in [0, 0.1) is 0 Å². The molecule has 6 nitrogen and oxygen atoms in total. The van der Waals surface area contributed by atoms with Crippen molar-refractivity contribution < 1.29 is 4.79 Å². The van der Waals surface area contributed by atoms with Crippen molar-refractivity contribution in [1.82, 2.24) is 14.0 Å². The van der Waals surface area contributed by atoms with Crippen LogP contribution in [-0.2, 0) is 11.3 Å². The summed E-state index contributed by atoms with van der Waals surface area (Å²) in [6, 6.07) is 8.16. The van der Waals surface area contributed by atoms with Crippen molar-refractivity contribution in [2.24, 2.45) is 0 Å². The SMILES string of the molecule is CCN(CC)C(=O)Cn1c(=O)n(-c2ccc(Cl)cc2)c(=O)c2sccc21. The molecule has 0 spiro atoms. The van der Waals surface area contributed by atoms with Crippen LogP contribution in [0.1, 0.15) is 13.8 Å². The number of hydrogen-bond acceptors (Lipinski definition) is 4. The number of halogens is 1. The van der Waals surface area contributed by atoms with Crippen molar-refractivity contribution >= 4 is 39.1 Å². The highest BCUT2D eigenvalue weighted by molar-refractivity contribution is 7.17. The molecule has 1 aromatic carbocycles. The lowest BCUT2D eigenvalue weighted by Gasteiger charge is -2.20. The normalized spacial score (nSPS) is 11.0. The monoisotopic (exact) mass is 391 g/mol. The summed E-state index contributed by atoms with van der Waals surface area (Å²) in [5.74, 6) is -0.161. The van der Waals surface area contributed by atoms with Gasteiger partial charge in [-0.3, -0.25) is 14.2 Å². The summed E-state index contributed by atoms with van der Waals surface area (Å²) in [6.07, 6.45) is 0. The molecule has 0 radical (unpaired) electrons. The Balaban J connectivity index is 2.22. The zero-order valence-corrected chi connectivity index (χ0v) is 16.0. The third-order valence-corrected chi connectivity index (χ3v) is 5.39.